The molecule has 4 rings (SSSR count). The number of nitrogens with zero attached hydrogens (tertiary/aromatic N) is 3. The largest absolute Gasteiger partial charge is 0.493 e. The Morgan fingerprint density at radius 2 is 2.03 bits per heavy atom. The number of benzene rings is 1. The van der Waals surface area contributed by atoms with Crippen molar-refractivity contribution in [3.05, 3.63) is 57.2 Å². The van der Waals surface area contributed by atoms with E-state index < -0.39 is 0 Å². The summed E-state index contributed by atoms with van der Waals surface area (Å²) >= 11 is 2.92. The van der Waals surface area contributed by atoms with E-state index in [4.69, 9.17) is 14.5 Å². The second kappa shape index (κ2) is 10.7. The van der Waals surface area contributed by atoms with Gasteiger partial charge in [0.25, 0.3) is 5.56 Å². The van der Waals surface area contributed by atoms with Crippen LogP contribution in [0.5, 0.6) is 11.5 Å². The van der Waals surface area contributed by atoms with E-state index in [1.165, 1.54) is 22.2 Å². The third-order valence-electron chi connectivity index (χ3n) is 5.97. The number of carbonyl (C=O) groups excluding carboxylic acids is 1. The molecule has 0 saturated carbocycles. The van der Waals surface area contributed by atoms with Crippen LogP contribution >= 0.6 is 23.1 Å². The number of carbonyl (C=O) groups is 1. The number of fused-ring (bicyclic) bond motifs is 3. The first-order valence-electron chi connectivity index (χ1n) is 11.2. The summed E-state index contributed by atoms with van der Waals surface area (Å²) in [6.45, 7) is 4.60. The highest BCUT2D eigenvalue weighted by Crippen LogP contribution is 2.35. The molecule has 180 valence electrons. The van der Waals surface area contributed by atoms with Gasteiger partial charge in [0, 0.05) is 25.0 Å². The first-order valence-corrected chi connectivity index (χ1v) is 13.0. The fourth-order valence-electron chi connectivity index (χ4n) is 4.20. The Bertz CT molecular complexity index is 1280. The van der Waals surface area contributed by atoms with Crippen LogP contribution in [-0.4, -0.2) is 47.4 Å². The molecule has 7 nitrogen and oxygen atoms in total. The smallest absolute Gasteiger partial charge is 0.263 e. The van der Waals surface area contributed by atoms with E-state index in [0.29, 0.717) is 29.7 Å². The molecule has 0 atom stereocenters. The molecular formula is C25H29N3O4S2. The van der Waals surface area contributed by atoms with Gasteiger partial charge in [0.15, 0.2) is 16.7 Å². The number of aryl methyl sites for hydroxylation is 2. The van der Waals surface area contributed by atoms with Gasteiger partial charge < -0.3 is 14.4 Å². The van der Waals surface area contributed by atoms with Gasteiger partial charge in [0.05, 0.1) is 25.4 Å². The summed E-state index contributed by atoms with van der Waals surface area (Å²) in [4.78, 5) is 34.8. The molecule has 1 aromatic carbocycles. The van der Waals surface area contributed by atoms with E-state index in [1.54, 1.807) is 48.1 Å². The minimum atomic E-state index is -0.0512. The van der Waals surface area contributed by atoms with Gasteiger partial charge in [-0.15, -0.1) is 17.9 Å². The van der Waals surface area contributed by atoms with Crippen molar-refractivity contribution in [2.45, 2.75) is 43.9 Å². The summed E-state index contributed by atoms with van der Waals surface area (Å²) in [5.41, 5.74) is 2.08. The normalized spacial score (nSPS) is 12.9. The van der Waals surface area contributed by atoms with Crippen LogP contribution in [0, 0.1) is 0 Å². The van der Waals surface area contributed by atoms with Crippen molar-refractivity contribution < 1.29 is 14.3 Å². The summed E-state index contributed by atoms with van der Waals surface area (Å²) in [7, 11) is 4.94. The van der Waals surface area contributed by atoms with Gasteiger partial charge in [0.1, 0.15) is 4.83 Å². The average Bonchev–Trinajstić information content (AvgIpc) is 3.22. The third kappa shape index (κ3) is 4.86. The number of aromatic nitrogens is 2. The molecule has 0 bridgehead atoms. The Labute approximate surface area is 207 Å². The third-order valence-corrected chi connectivity index (χ3v) is 8.12. The fraction of sp³-hybridized carbons (Fsp3) is 0.400. The SMILES string of the molecule is C=CCn1c(SCC(=O)N(C)Cc2ccc(OC)c(OC)c2)nc2sc3c(c2c1=O)CCCC3. The molecule has 34 heavy (non-hydrogen) atoms. The van der Waals surface area contributed by atoms with Gasteiger partial charge in [0.2, 0.25) is 5.91 Å². The van der Waals surface area contributed by atoms with Gasteiger partial charge in [-0.2, -0.15) is 0 Å². The molecule has 1 aliphatic rings. The Hall–Kier alpha value is -2.78. The van der Waals surface area contributed by atoms with Crippen LogP contribution < -0.4 is 15.0 Å². The highest BCUT2D eigenvalue weighted by Gasteiger charge is 2.22. The van der Waals surface area contributed by atoms with Crippen LogP contribution in [0.25, 0.3) is 10.2 Å². The van der Waals surface area contributed by atoms with Crippen molar-refractivity contribution in [1.82, 2.24) is 14.5 Å². The van der Waals surface area contributed by atoms with Crippen molar-refractivity contribution in [3.63, 3.8) is 0 Å². The quantitative estimate of drug-likeness (QED) is 0.248. The zero-order valence-corrected chi connectivity index (χ0v) is 21.4. The number of allylic oxidation sites excluding steroid dienone is 1. The molecule has 0 radical (unpaired) electrons. The molecule has 2 heterocycles. The number of thiophene rings is 1. The number of rotatable bonds is 9. The second-order valence-electron chi connectivity index (χ2n) is 8.22. The number of thioether (sulfide) groups is 1. The molecular weight excluding hydrogens is 470 g/mol. The molecule has 0 fully saturated rings. The molecule has 3 aromatic rings. The molecule has 1 aliphatic carbocycles. The highest BCUT2D eigenvalue weighted by atomic mass is 32.2. The molecule has 0 saturated heterocycles. The van der Waals surface area contributed by atoms with Gasteiger partial charge in [-0.05, 0) is 48.9 Å². The van der Waals surface area contributed by atoms with Crippen LogP contribution in [0.2, 0.25) is 0 Å². The zero-order valence-electron chi connectivity index (χ0n) is 19.8. The minimum Gasteiger partial charge on any atom is -0.493 e. The Kier molecular flexibility index (Phi) is 7.63. The molecule has 0 aliphatic heterocycles. The maximum atomic E-state index is 13.4. The van der Waals surface area contributed by atoms with Gasteiger partial charge >= 0.3 is 0 Å². The van der Waals surface area contributed by atoms with E-state index in [2.05, 4.69) is 6.58 Å². The average molecular weight is 500 g/mol. The lowest BCUT2D eigenvalue weighted by Crippen LogP contribution is -2.29. The van der Waals surface area contributed by atoms with Crippen LogP contribution in [0.3, 0.4) is 0 Å². The molecule has 0 unspecified atom stereocenters. The first-order chi connectivity index (χ1) is 16.5. The van der Waals surface area contributed by atoms with E-state index in [1.807, 2.05) is 18.2 Å². The molecule has 0 N–H and O–H groups in total. The summed E-state index contributed by atoms with van der Waals surface area (Å²) in [6.07, 6.45) is 5.91. The molecule has 2 aromatic heterocycles. The maximum absolute atomic E-state index is 13.4. The topological polar surface area (TPSA) is 73.7 Å². The highest BCUT2D eigenvalue weighted by molar-refractivity contribution is 7.99. The lowest BCUT2D eigenvalue weighted by Gasteiger charge is -2.18. The molecule has 1 amide bonds. The maximum Gasteiger partial charge on any atom is 0.263 e. The Morgan fingerprint density at radius 3 is 2.76 bits per heavy atom. The van der Waals surface area contributed by atoms with Gasteiger partial charge in [-0.25, -0.2) is 4.98 Å². The van der Waals surface area contributed by atoms with E-state index in [0.717, 1.165) is 41.5 Å². The first kappa shape index (κ1) is 24.3. The lowest BCUT2D eigenvalue weighted by atomic mass is 9.97. The number of amides is 1. The number of hydrogen-bond donors (Lipinski definition) is 0. The van der Waals surface area contributed by atoms with Crippen molar-refractivity contribution in [2.24, 2.45) is 0 Å². The monoisotopic (exact) mass is 499 g/mol. The fourth-order valence-corrected chi connectivity index (χ4v) is 6.45. The Morgan fingerprint density at radius 1 is 1.26 bits per heavy atom. The minimum absolute atomic E-state index is 0.0297. The molecule has 9 heteroatoms. The van der Waals surface area contributed by atoms with Crippen LogP contribution in [-0.2, 0) is 30.7 Å². The zero-order chi connectivity index (χ0) is 24.2. The van der Waals surface area contributed by atoms with E-state index in [9.17, 15) is 9.59 Å². The van der Waals surface area contributed by atoms with Crippen molar-refractivity contribution >= 4 is 39.2 Å². The summed E-state index contributed by atoms with van der Waals surface area (Å²) in [5.74, 6) is 1.40. The standard InChI is InChI=1S/C25H29N3O4S2/c1-5-12-28-24(30)22-17-8-6-7-9-20(17)34-23(22)26-25(28)33-15-21(29)27(2)14-16-10-11-18(31-3)19(13-16)32-4/h5,10-11,13H,1,6-9,12,14-15H2,2-4H3. The summed E-state index contributed by atoms with van der Waals surface area (Å²) in [6, 6.07) is 5.61. The van der Waals surface area contributed by atoms with Crippen molar-refractivity contribution in [2.75, 3.05) is 27.0 Å². The lowest BCUT2D eigenvalue weighted by molar-refractivity contribution is -0.127. The van der Waals surface area contributed by atoms with Gasteiger partial charge in [-0.1, -0.05) is 23.9 Å². The van der Waals surface area contributed by atoms with Gasteiger partial charge in [-0.3, -0.25) is 14.2 Å². The summed E-state index contributed by atoms with van der Waals surface area (Å²) < 4.78 is 12.3. The van der Waals surface area contributed by atoms with Crippen molar-refractivity contribution in [3.8, 4) is 11.5 Å². The van der Waals surface area contributed by atoms with Crippen molar-refractivity contribution in [1.29, 1.82) is 0 Å². The van der Waals surface area contributed by atoms with Crippen LogP contribution in [0.1, 0.15) is 28.8 Å². The predicted octanol–water partition coefficient (Wildman–Crippen LogP) is 4.29. The van der Waals surface area contributed by atoms with E-state index in [-0.39, 0.29) is 17.2 Å². The molecule has 0 spiro atoms. The predicted molar refractivity (Wildman–Crippen MR) is 137 cm³/mol. The number of hydrogen-bond acceptors (Lipinski definition) is 7. The van der Waals surface area contributed by atoms with E-state index >= 15 is 0 Å². The van der Waals surface area contributed by atoms with Crippen LogP contribution in [0.4, 0.5) is 0 Å². The number of methoxy groups -OCH3 is 2. The second-order valence-corrected chi connectivity index (χ2v) is 10.2. The van der Waals surface area contributed by atoms with Crippen LogP contribution in [0.15, 0.2) is 40.8 Å². The summed E-state index contributed by atoms with van der Waals surface area (Å²) in [5, 5.41) is 1.31. The Balaban J connectivity index is 1.52. The number of ether oxygens (including phenoxy) is 2.